The predicted molar refractivity (Wildman–Crippen MR) is 486 cm³/mol. The molecular formula is C112H75BN4. The summed E-state index contributed by atoms with van der Waals surface area (Å²) in [5.41, 5.74) is 31.9. The molecule has 0 aromatic heterocycles. The van der Waals surface area contributed by atoms with E-state index < -0.39 is 17.5 Å². The zero-order valence-corrected chi connectivity index (χ0v) is 64.2. The number of nitriles is 1. The Hall–Kier alpha value is -15.4. The van der Waals surface area contributed by atoms with Crippen LogP contribution in [0.25, 0.3) is 82.7 Å². The Balaban J connectivity index is 0.934. The number of anilines is 6. The highest BCUT2D eigenvalue weighted by Crippen LogP contribution is 2.56. The maximum atomic E-state index is 11.4. The number of hydrogen-bond acceptors (Lipinski definition) is 3. The molecule has 0 N–H and O–H groups in total. The van der Waals surface area contributed by atoms with E-state index in [0.29, 0.717) is 11.3 Å². The fourth-order valence-corrected chi connectivity index (χ4v) is 18.9. The summed E-state index contributed by atoms with van der Waals surface area (Å²) in [6.07, 6.45) is 0. The molecule has 5 heteroatoms. The van der Waals surface area contributed by atoms with Gasteiger partial charge < -0.3 is 9.80 Å². The molecule has 0 saturated heterocycles. The summed E-state index contributed by atoms with van der Waals surface area (Å²) in [5.74, 6) is 0. The molecule has 0 amide bonds. The molecule has 20 rings (SSSR count). The van der Waals surface area contributed by atoms with Crippen molar-refractivity contribution in [3.63, 3.8) is 0 Å². The molecule has 4 nitrogen and oxygen atoms in total. The van der Waals surface area contributed by atoms with Gasteiger partial charge in [0.15, 0.2) is 5.69 Å². The highest BCUT2D eigenvalue weighted by Gasteiger charge is 2.47. The van der Waals surface area contributed by atoms with E-state index in [2.05, 4.69) is 476 Å². The highest BCUT2D eigenvalue weighted by atomic mass is 15.2. The van der Waals surface area contributed by atoms with E-state index in [4.69, 9.17) is 6.57 Å². The van der Waals surface area contributed by atoms with Crippen LogP contribution in [0.3, 0.4) is 0 Å². The summed E-state index contributed by atoms with van der Waals surface area (Å²) in [6.45, 7) is 8.47. The Bertz CT molecular complexity index is 6090. The third-order valence-corrected chi connectivity index (χ3v) is 23.9. The van der Waals surface area contributed by atoms with Gasteiger partial charge in [0.1, 0.15) is 0 Å². The number of fused-ring (bicyclic) bond motifs is 4. The SMILES string of the molecule is [C-]#[N+]c1cc(-c2ccccc2)c(N2c3ccc(-c4cccc(C(c5ccccc5)(c5ccccc5)c5ccccc5)c4)cc3B3c4cc(-c5cccc(C(c6ccccc6)(c6ccccc6)c6ccccc6)c5)ccc4N(c4c(-c5ccccc5)cc(C#N)cc4-c4ccccc4)c4cc(-c5ccccc5)cc2c43)c(-c2ccccc2)c1. The van der Waals surface area contributed by atoms with Crippen molar-refractivity contribution >= 4 is 62.9 Å². The van der Waals surface area contributed by atoms with Gasteiger partial charge >= 0.3 is 0 Å². The van der Waals surface area contributed by atoms with Gasteiger partial charge in [-0.25, -0.2) is 4.85 Å². The molecule has 0 saturated carbocycles. The first-order valence-corrected chi connectivity index (χ1v) is 40.0. The third-order valence-electron chi connectivity index (χ3n) is 23.9. The first kappa shape index (κ1) is 70.7. The fraction of sp³-hybridized carbons (Fsp3) is 0.0179. The quantitative estimate of drug-likeness (QED) is 0.0518. The topological polar surface area (TPSA) is 34.6 Å². The van der Waals surface area contributed by atoms with Crippen molar-refractivity contribution in [2.24, 2.45) is 0 Å². The van der Waals surface area contributed by atoms with E-state index in [1.54, 1.807) is 0 Å². The summed E-state index contributed by atoms with van der Waals surface area (Å²) in [4.78, 5) is 9.41. The molecule has 18 aromatic rings. The van der Waals surface area contributed by atoms with Crippen LogP contribution in [0, 0.1) is 17.9 Å². The van der Waals surface area contributed by atoms with Crippen LogP contribution in [0.2, 0.25) is 0 Å². The monoisotopic (exact) mass is 1490 g/mol. The molecule has 0 fully saturated rings. The van der Waals surface area contributed by atoms with Crippen molar-refractivity contribution in [2.75, 3.05) is 9.80 Å². The van der Waals surface area contributed by atoms with Crippen molar-refractivity contribution < 1.29 is 0 Å². The summed E-state index contributed by atoms with van der Waals surface area (Å²) in [7, 11) is 0. The van der Waals surface area contributed by atoms with E-state index in [9.17, 15) is 5.26 Å². The second kappa shape index (κ2) is 30.3. The Morgan fingerprint density at radius 3 is 0.803 bits per heavy atom. The van der Waals surface area contributed by atoms with Crippen LogP contribution >= 0.6 is 0 Å². The minimum atomic E-state index is -0.723. The van der Waals surface area contributed by atoms with Crippen molar-refractivity contribution in [1.29, 1.82) is 5.26 Å². The van der Waals surface area contributed by atoms with Gasteiger partial charge in [0, 0.05) is 33.9 Å². The molecule has 2 aliphatic rings. The second-order valence-corrected chi connectivity index (χ2v) is 30.3. The molecule has 18 aromatic carbocycles. The maximum Gasteiger partial charge on any atom is 0.252 e. The van der Waals surface area contributed by atoms with Gasteiger partial charge in [-0.2, -0.15) is 5.26 Å². The van der Waals surface area contributed by atoms with E-state index in [1.165, 1.54) is 0 Å². The fourth-order valence-electron chi connectivity index (χ4n) is 18.9. The lowest BCUT2D eigenvalue weighted by Gasteiger charge is -2.46. The minimum Gasteiger partial charge on any atom is -0.310 e. The van der Waals surface area contributed by atoms with Gasteiger partial charge in [-0.3, -0.25) is 0 Å². The molecule has 2 aliphatic heterocycles. The Labute approximate surface area is 684 Å². The standard InChI is InChI=1S/C112H75BN4/c1-115-97-75-100(82-43-19-5-20-44-82)110(101(76-97)83-45-21-6-22-46-83)117-105-66-64-87(85-48-36-62-96(70-85)112(92-55-29-10-30-56-92,93-57-31-11-32-58-93)94-59-33-12-34-60-94)72-103(105)113-102-71-86(84-47-35-61-95(69-84)111(89-49-23-7-24-50-89,90-51-25-8-26-52-90)91-53-27-9-28-54-91)63-65-104(102)116(106-73-88(74-107(117)108(106)113)79-37-13-2-14-38-79)109-98(80-39-15-3-16-40-80)67-78(77-114)68-99(109)81-41-17-4-18-42-81/h2-76H. The molecular weight excluding hydrogens is 1410 g/mol. The van der Waals surface area contributed by atoms with Crippen LogP contribution in [0.1, 0.15) is 50.1 Å². The summed E-state index contributed by atoms with van der Waals surface area (Å²) in [5, 5.41) is 11.4. The van der Waals surface area contributed by atoms with Crippen molar-refractivity contribution in [3.8, 4) is 84.0 Å². The Kier molecular flexibility index (Phi) is 18.3. The first-order valence-electron chi connectivity index (χ1n) is 40.0. The normalized spacial score (nSPS) is 12.0. The molecule has 0 aliphatic carbocycles. The van der Waals surface area contributed by atoms with Gasteiger partial charge in [-0.15, -0.1) is 0 Å². The molecule has 0 unspecified atom stereocenters. The lowest BCUT2D eigenvalue weighted by atomic mass is 9.33. The molecule has 2 heterocycles. The molecule has 0 atom stereocenters. The number of nitrogens with zero attached hydrogens (tertiary/aromatic N) is 4. The number of hydrogen-bond donors (Lipinski definition) is 0. The Morgan fingerprint density at radius 2 is 0.504 bits per heavy atom. The Morgan fingerprint density at radius 1 is 0.239 bits per heavy atom. The van der Waals surface area contributed by atoms with Crippen LogP contribution in [-0.4, -0.2) is 6.71 Å². The number of benzene rings is 18. The summed E-state index contributed by atoms with van der Waals surface area (Å²) in [6, 6.07) is 168. The zero-order chi connectivity index (χ0) is 78.2. The first-order chi connectivity index (χ1) is 58.0. The van der Waals surface area contributed by atoms with E-state index in [-0.39, 0.29) is 0 Å². The third kappa shape index (κ3) is 12.2. The lowest BCUT2D eigenvalue weighted by Crippen LogP contribution is -2.61. The van der Waals surface area contributed by atoms with Gasteiger partial charge in [0.25, 0.3) is 6.71 Å². The van der Waals surface area contributed by atoms with Crippen molar-refractivity contribution in [1.82, 2.24) is 0 Å². The molecule has 0 bridgehead atoms. The van der Waals surface area contributed by atoms with E-state index in [1.807, 2.05) is 0 Å². The average Bonchev–Trinajstić information content (AvgIpc) is 0.686. The van der Waals surface area contributed by atoms with Crippen LogP contribution < -0.4 is 26.2 Å². The van der Waals surface area contributed by atoms with Gasteiger partial charge in [-0.05, 0) is 188 Å². The minimum absolute atomic E-state index is 0.445. The largest absolute Gasteiger partial charge is 0.310 e. The van der Waals surface area contributed by atoms with Gasteiger partial charge in [-0.1, -0.05) is 394 Å². The average molecular weight is 1490 g/mol. The number of rotatable bonds is 17. The van der Waals surface area contributed by atoms with Crippen LogP contribution in [0.4, 0.5) is 39.8 Å². The van der Waals surface area contributed by atoms with Gasteiger partial charge in [0.2, 0.25) is 0 Å². The van der Waals surface area contributed by atoms with E-state index >= 15 is 0 Å². The highest BCUT2D eigenvalue weighted by molar-refractivity contribution is 7.00. The maximum absolute atomic E-state index is 11.4. The molecule has 117 heavy (non-hydrogen) atoms. The molecule has 546 valence electrons. The van der Waals surface area contributed by atoms with Crippen LogP contribution in [-0.2, 0) is 10.8 Å². The van der Waals surface area contributed by atoms with Gasteiger partial charge in [0.05, 0.1) is 40.4 Å². The van der Waals surface area contributed by atoms with Crippen LogP contribution in [0.15, 0.2) is 455 Å². The van der Waals surface area contributed by atoms with Crippen LogP contribution in [0.5, 0.6) is 0 Å². The lowest BCUT2D eigenvalue weighted by molar-refractivity contribution is 0.745. The smallest absolute Gasteiger partial charge is 0.252 e. The van der Waals surface area contributed by atoms with Crippen molar-refractivity contribution in [3.05, 3.63) is 516 Å². The second-order valence-electron chi connectivity index (χ2n) is 30.3. The molecule has 0 spiro atoms. The summed E-state index contributed by atoms with van der Waals surface area (Å²) >= 11 is 0. The summed E-state index contributed by atoms with van der Waals surface area (Å²) < 4.78 is 0. The zero-order valence-electron chi connectivity index (χ0n) is 64.2. The van der Waals surface area contributed by atoms with E-state index in [0.717, 1.165) is 173 Å². The predicted octanol–water partition coefficient (Wildman–Crippen LogP) is 26.6. The molecule has 0 radical (unpaired) electrons. The van der Waals surface area contributed by atoms with Crippen molar-refractivity contribution in [2.45, 2.75) is 10.8 Å².